The predicted octanol–water partition coefficient (Wildman–Crippen LogP) is 2.60. The summed E-state index contributed by atoms with van der Waals surface area (Å²) in [5.41, 5.74) is 0.143. The van der Waals surface area contributed by atoms with Crippen molar-refractivity contribution in [2.45, 2.75) is 56.4 Å². The van der Waals surface area contributed by atoms with E-state index in [1.54, 1.807) is 30.0 Å². The van der Waals surface area contributed by atoms with Crippen LogP contribution in [0.1, 0.15) is 38.0 Å². The number of rotatable bonds is 2. The molecule has 2 aliphatic heterocycles. The Kier molecular flexibility index (Phi) is 10.2. The Bertz CT molecular complexity index is 1430. The molecule has 0 spiro atoms. The lowest BCUT2D eigenvalue weighted by Crippen LogP contribution is -2.42. The first kappa shape index (κ1) is 31.6. The van der Waals surface area contributed by atoms with Crippen LogP contribution in [-0.2, 0) is 23.4 Å². The molecule has 6 atom stereocenters. The summed E-state index contributed by atoms with van der Waals surface area (Å²) < 4.78 is 58.6. The van der Waals surface area contributed by atoms with Crippen molar-refractivity contribution < 1.29 is 47.2 Å². The molecule has 3 N–H and O–H groups in total. The van der Waals surface area contributed by atoms with E-state index in [4.69, 9.17) is 23.3 Å². The monoisotopic (exact) mass is 641 g/mol. The molecule has 0 saturated carbocycles. The molecule has 2 aromatic heterocycles. The Morgan fingerprint density at radius 1 is 1.16 bits per heavy atom. The molecule has 1 fully saturated rings. The third kappa shape index (κ3) is 7.45. The van der Waals surface area contributed by atoms with Crippen LogP contribution >= 0.6 is 19.5 Å². The second kappa shape index (κ2) is 13.8. The van der Waals surface area contributed by atoms with Crippen LogP contribution in [0.15, 0.2) is 42.9 Å². The number of fused-ring (bicyclic) bond motifs is 3. The molecule has 14 nitrogen and oxygen atoms in total. The second-order valence-electron chi connectivity index (χ2n) is 9.95. The summed E-state index contributed by atoms with van der Waals surface area (Å²) in [6, 6.07) is 6.94. The van der Waals surface area contributed by atoms with Crippen LogP contribution in [0.4, 0.5) is 4.39 Å². The highest BCUT2D eigenvalue weighted by Crippen LogP contribution is 2.48. The molecule has 1 unspecified atom stereocenters. The van der Waals surface area contributed by atoms with E-state index in [9.17, 15) is 19.6 Å². The number of carbonyl (C=O) groups excluding carboxylic acids is 1. The van der Waals surface area contributed by atoms with Crippen LogP contribution in [-0.4, -0.2) is 91.2 Å². The average molecular weight is 642 g/mol. The van der Waals surface area contributed by atoms with Crippen molar-refractivity contribution >= 4 is 31.1 Å². The van der Waals surface area contributed by atoms with Crippen molar-refractivity contribution in [3.63, 3.8) is 0 Å². The minimum atomic E-state index is -4.35. The van der Waals surface area contributed by atoms with Crippen LogP contribution in [0.2, 0.25) is 0 Å². The van der Waals surface area contributed by atoms with Gasteiger partial charge in [-0.05, 0) is 49.8 Å². The highest BCUT2D eigenvalue weighted by Gasteiger charge is 2.58. The van der Waals surface area contributed by atoms with E-state index in [-0.39, 0.29) is 29.6 Å². The smallest absolute Gasteiger partial charge is 0.459 e. The molecule has 0 radical (unpaired) electrons. The number of aliphatic hydroxyl groups excluding tert-OH is 1. The Morgan fingerprint density at radius 3 is 2.74 bits per heavy atom. The van der Waals surface area contributed by atoms with Gasteiger partial charge in [-0.3, -0.25) is 9.32 Å². The molecule has 2 aliphatic rings. The van der Waals surface area contributed by atoms with E-state index >= 15 is 4.39 Å². The quantitative estimate of drug-likeness (QED) is 0.275. The Balaban J connectivity index is 1.41. The third-order valence-electron chi connectivity index (χ3n) is 6.69. The van der Waals surface area contributed by atoms with E-state index in [1.165, 1.54) is 36.1 Å². The molecule has 1 saturated heterocycles. The number of nitrogens with one attached hydrogen (secondary N) is 1. The number of thioether (sulfide) groups is 1. The summed E-state index contributed by atoms with van der Waals surface area (Å²) in [5.74, 6) is -2.01. The summed E-state index contributed by atoms with van der Waals surface area (Å²) >= 11 is 1.72. The summed E-state index contributed by atoms with van der Waals surface area (Å²) in [6.45, 7) is 1.26. The van der Waals surface area contributed by atoms with E-state index in [0.29, 0.717) is 13.0 Å². The first-order valence-corrected chi connectivity index (χ1v) is 16.5. The highest BCUT2D eigenvalue weighted by atomic mass is 32.2. The zero-order valence-electron chi connectivity index (χ0n) is 23.3. The molecule has 43 heavy (non-hydrogen) atoms. The van der Waals surface area contributed by atoms with Crippen molar-refractivity contribution in [3.05, 3.63) is 48.5 Å². The van der Waals surface area contributed by atoms with Crippen molar-refractivity contribution in [1.82, 2.24) is 24.7 Å². The van der Waals surface area contributed by atoms with Crippen molar-refractivity contribution in [3.8, 4) is 11.6 Å². The Morgan fingerprint density at radius 2 is 1.93 bits per heavy atom. The number of benzene rings is 1. The van der Waals surface area contributed by atoms with Crippen LogP contribution in [0.3, 0.4) is 0 Å². The molecule has 0 aliphatic carbocycles. The number of nitrogens with zero attached hydrogens (tertiary/aromatic N) is 4. The number of cyclic esters (lactones) is 1. The van der Waals surface area contributed by atoms with E-state index in [2.05, 4.69) is 20.2 Å². The molecular weight excluding hydrogens is 608 g/mol. The van der Waals surface area contributed by atoms with Gasteiger partial charge in [0.05, 0.1) is 31.7 Å². The Hall–Kier alpha value is -2.85. The summed E-state index contributed by atoms with van der Waals surface area (Å²) in [6.07, 6.45) is -0.743. The Labute approximate surface area is 250 Å². The van der Waals surface area contributed by atoms with Gasteiger partial charge in [0, 0.05) is 0 Å². The number of esters is 1. The van der Waals surface area contributed by atoms with Crippen LogP contribution in [0.5, 0.6) is 11.6 Å². The van der Waals surface area contributed by atoms with Gasteiger partial charge in [-0.2, -0.15) is 26.9 Å². The normalized spacial score (nSPS) is 31.8. The molecule has 5 rings (SSSR count). The molecule has 234 valence electrons. The molecule has 6 bridgehead atoms. The summed E-state index contributed by atoms with van der Waals surface area (Å²) in [5, 5.41) is 28.0. The number of halogens is 1. The SMILES string of the molecule is C[C@H]1NP(=O)(Oc2ccccc2)OC[C@H]2O[C@@H](c3cnc4c(ncnn34)OCCCCSCCCOC1=O)[C@@](O)(F)[C@@H]2O. The number of aromatic nitrogens is 4. The largest absolute Gasteiger partial charge is 0.475 e. The van der Waals surface area contributed by atoms with Gasteiger partial charge in [0.1, 0.15) is 30.3 Å². The van der Waals surface area contributed by atoms with Gasteiger partial charge in [0.15, 0.2) is 6.10 Å². The number of carbonyl (C=O) groups is 1. The first-order valence-electron chi connectivity index (χ1n) is 13.8. The minimum Gasteiger partial charge on any atom is -0.475 e. The topological polar surface area (TPSA) is 176 Å². The number of alkyl halides is 1. The number of imidazole rings is 1. The van der Waals surface area contributed by atoms with Crippen LogP contribution in [0, 0.1) is 0 Å². The van der Waals surface area contributed by atoms with Crippen LogP contribution < -0.4 is 14.3 Å². The fraction of sp³-hybridized carbons (Fsp3) is 0.538. The number of aliphatic hydroxyl groups is 2. The zero-order chi connectivity index (χ0) is 30.5. The van der Waals surface area contributed by atoms with Gasteiger partial charge in [0.25, 0.3) is 11.7 Å². The van der Waals surface area contributed by atoms with Gasteiger partial charge < -0.3 is 28.9 Å². The predicted molar refractivity (Wildman–Crippen MR) is 151 cm³/mol. The van der Waals surface area contributed by atoms with Gasteiger partial charge >= 0.3 is 13.7 Å². The third-order valence-corrected chi connectivity index (χ3v) is 9.49. The van der Waals surface area contributed by atoms with E-state index in [1.807, 2.05) is 0 Å². The molecule has 3 aromatic rings. The highest BCUT2D eigenvalue weighted by molar-refractivity contribution is 7.99. The number of hydrogen-bond acceptors (Lipinski definition) is 13. The number of para-hydroxylation sites is 1. The molecule has 17 heteroatoms. The second-order valence-corrected chi connectivity index (χ2v) is 12.9. The molecular formula is C26H33FN5O9PS. The van der Waals surface area contributed by atoms with Gasteiger partial charge in [-0.1, -0.05) is 18.2 Å². The first-order chi connectivity index (χ1) is 20.7. The van der Waals surface area contributed by atoms with Gasteiger partial charge in [-0.25, -0.2) is 18.5 Å². The lowest BCUT2D eigenvalue weighted by atomic mass is 10.0. The van der Waals surface area contributed by atoms with Gasteiger partial charge in [-0.15, -0.1) is 0 Å². The lowest BCUT2D eigenvalue weighted by Gasteiger charge is -2.25. The average Bonchev–Trinajstić information content (AvgIpc) is 3.51. The van der Waals surface area contributed by atoms with Crippen molar-refractivity contribution in [1.29, 1.82) is 0 Å². The fourth-order valence-corrected chi connectivity index (χ4v) is 6.91. The maximum Gasteiger partial charge on any atom is 0.459 e. The lowest BCUT2D eigenvalue weighted by molar-refractivity contribution is -0.177. The summed E-state index contributed by atoms with van der Waals surface area (Å²) in [7, 11) is -4.35. The van der Waals surface area contributed by atoms with Crippen molar-refractivity contribution in [2.24, 2.45) is 0 Å². The maximum atomic E-state index is 15.6. The fourth-order valence-electron chi connectivity index (χ4n) is 4.47. The minimum absolute atomic E-state index is 0.0261. The standard InChI is InChI=1S/C26H33FN5O9PS/c1-17-25(34)38-11-7-13-43-12-6-5-10-37-24-23-28-14-19(32(23)30-16-29-24)22-26(27,35)21(33)20(40-22)15-39-42(36,31-17)41-18-8-3-2-4-9-18/h2-4,8-9,14,16-17,20-22,33,35H,5-7,10-13,15H2,1H3,(H,31,36)/t17-,20-,21-,22+,26-,42?/m1/s1. The van der Waals surface area contributed by atoms with E-state index in [0.717, 1.165) is 24.3 Å². The van der Waals surface area contributed by atoms with Crippen LogP contribution in [0.25, 0.3) is 5.65 Å². The molecule has 4 heterocycles. The molecule has 1 aromatic carbocycles. The zero-order valence-corrected chi connectivity index (χ0v) is 25.0. The van der Waals surface area contributed by atoms with Crippen molar-refractivity contribution in [2.75, 3.05) is 31.3 Å². The molecule has 0 amide bonds. The maximum absolute atomic E-state index is 15.6. The number of ether oxygens (including phenoxy) is 3. The van der Waals surface area contributed by atoms with E-state index < -0.39 is 50.5 Å². The van der Waals surface area contributed by atoms with Gasteiger partial charge in [0.2, 0.25) is 5.65 Å². The summed E-state index contributed by atoms with van der Waals surface area (Å²) in [4.78, 5) is 21.0. The number of hydrogen-bond donors (Lipinski definition) is 3.